The average Bonchev–Trinajstić information content (AvgIpc) is 2.75. The summed E-state index contributed by atoms with van der Waals surface area (Å²) in [5.74, 6) is -1.59. The van der Waals surface area contributed by atoms with Gasteiger partial charge < -0.3 is 0 Å². The maximum Gasteiger partial charge on any atom is 0.359 e. The second-order valence-electron chi connectivity index (χ2n) is 9.13. The highest BCUT2D eigenvalue weighted by atomic mass is 31.0. The molecule has 0 N–H and O–H groups in total. The maximum absolute atomic E-state index is 12.7. The summed E-state index contributed by atoms with van der Waals surface area (Å²) < 4.78 is 0. The summed E-state index contributed by atoms with van der Waals surface area (Å²) in [5.41, 5.74) is 0. The molecule has 178 valence electrons. The van der Waals surface area contributed by atoms with Crippen molar-refractivity contribution in [1.82, 2.24) is 0 Å². The second-order valence-corrected chi connectivity index (χ2v) is 11.4. The summed E-state index contributed by atoms with van der Waals surface area (Å²) in [4.78, 5) is 35.6. The molecule has 0 aliphatic heterocycles. The largest absolute Gasteiger partial charge is 0.359 e. The minimum absolute atomic E-state index is 0.215. The van der Waals surface area contributed by atoms with Crippen LogP contribution in [0.5, 0.6) is 0 Å². The maximum atomic E-state index is 12.7. The standard InChI is InChI=1S/C24H48O4P2/c1-7-11-15-23(29,16-12-8-2)19(5)21(25)27-28-22(26)20(6)24(30,17-13-9-3)18-14-10-4/h19-20H,7-18,29-30H2,1-6H3. The Hall–Kier alpha value is -0.200. The SMILES string of the molecule is CCCCC(P)(CCCC)C(C)C(=O)OOC(=O)C(C)C(P)(CCCC)CCCC. The van der Waals surface area contributed by atoms with Crippen LogP contribution in [0.15, 0.2) is 0 Å². The number of rotatable bonds is 16. The molecule has 4 atom stereocenters. The molecule has 0 bridgehead atoms. The third-order valence-electron chi connectivity index (χ3n) is 6.62. The van der Waals surface area contributed by atoms with E-state index in [1.165, 1.54) is 0 Å². The van der Waals surface area contributed by atoms with Gasteiger partial charge in [-0.25, -0.2) is 19.4 Å². The summed E-state index contributed by atoms with van der Waals surface area (Å²) in [6, 6.07) is 0. The fraction of sp³-hybridized carbons (Fsp3) is 0.917. The van der Waals surface area contributed by atoms with E-state index in [1.807, 2.05) is 13.8 Å². The Labute approximate surface area is 190 Å². The van der Waals surface area contributed by atoms with Crippen LogP contribution in [0.2, 0.25) is 0 Å². The number of unbranched alkanes of at least 4 members (excludes halogenated alkanes) is 4. The van der Waals surface area contributed by atoms with Crippen LogP contribution in [0.3, 0.4) is 0 Å². The molecule has 0 aliphatic carbocycles. The van der Waals surface area contributed by atoms with Gasteiger partial charge >= 0.3 is 11.9 Å². The van der Waals surface area contributed by atoms with Gasteiger partial charge in [-0.3, -0.25) is 0 Å². The van der Waals surface area contributed by atoms with Crippen molar-refractivity contribution in [1.29, 1.82) is 0 Å². The van der Waals surface area contributed by atoms with E-state index in [4.69, 9.17) is 9.78 Å². The Bertz CT molecular complexity index is 436. The van der Waals surface area contributed by atoms with Crippen molar-refractivity contribution in [2.75, 3.05) is 0 Å². The first-order chi connectivity index (χ1) is 14.1. The smallest absolute Gasteiger partial charge is 0.247 e. The summed E-state index contributed by atoms with van der Waals surface area (Å²) in [5, 5.41) is -0.429. The molecule has 0 aromatic rings. The fourth-order valence-electron chi connectivity index (χ4n) is 3.84. The normalized spacial score (nSPS) is 14.3. The summed E-state index contributed by atoms with van der Waals surface area (Å²) in [6.45, 7) is 12.4. The molecule has 0 aliphatic rings. The monoisotopic (exact) mass is 462 g/mol. The molecule has 0 amide bonds. The molecule has 0 saturated carbocycles. The molecule has 0 aromatic heterocycles. The molecule has 0 saturated heterocycles. The van der Waals surface area contributed by atoms with E-state index >= 15 is 0 Å². The van der Waals surface area contributed by atoms with Crippen LogP contribution in [-0.2, 0) is 19.4 Å². The Morgan fingerprint density at radius 2 is 0.867 bits per heavy atom. The quantitative estimate of drug-likeness (QED) is 0.138. The molecular formula is C24H48O4P2. The lowest BCUT2D eigenvalue weighted by molar-refractivity contribution is -0.266. The number of carbonyl (C=O) groups is 2. The average molecular weight is 463 g/mol. The lowest BCUT2D eigenvalue weighted by Crippen LogP contribution is -2.39. The lowest BCUT2D eigenvalue weighted by Gasteiger charge is -2.35. The van der Waals surface area contributed by atoms with Crippen LogP contribution in [0.25, 0.3) is 0 Å². The van der Waals surface area contributed by atoms with Gasteiger partial charge in [0.15, 0.2) is 0 Å². The topological polar surface area (TPSA) is 52.6 Å². The van der Waals surface area contributed by atoms with Crippen LogP contribution >= 0.6 is 18.5 Å². The Morgan fingerprint density at radius 3 is 1.07 bits per heavy atom. The third-order valence-corrected chi connectivity index (χ3v) is 8.78. The molecule has 0 spiro atoms. The first-order valence-corrected chi connectivity index (χ1v) is 13.3. The summed E-state index contributed by atoms with van der Waals surface area (Å²) in [6.07, 6.45) is 12.4. The van der Waals surface area contributed by atoms with E-state index in [2.05, 4.69) is 46.2 Å². The van der Waals surface area contributed by atoms with Gasteiger partial charge in [-0.1, -0.05) is 92.9 Å². The molecule has 0 radical (unpaired) electrons. The van der Waals surface area contributed by atoms with Gasteiger partial charge in [-0.05, 0) is 36.0 Å². The molecule has 0 aromatic carbocycles. The molecular weight excluding hydrogens is 414 g/mol. The van der Waals surface area contributed by atoms with Crippen molar-refractivity contribution in [3.8, 4) is 0 Å². The number of carbonyl (C=O) groups excluding carboxylic acids is 2. The highest BCUT2D eigenvalue weighted by Crippen LogP contribution is 2.41. The Balaban J connectivity index is 5.03. The molecule has 30 heavy (non-hydrogen) atoms. The van der Waals surface area contributed by atoms with Crippen molar-refractivity contribution in [3.63, 3.8) is 0 Å². The van der Waals surface area contributed by atoms with Crippen molar-refractivity contribution < 1.29 is 19.4 Å². The van der Waals surface area contributed by atoms with Crippen LogP contribution in [0, 0.1) is 11.8 Å². The molecule has 0 fully saturated rings. The third kappa shape index (κ3) is 9.95. The van der Waals surface area contributed by atoms with Gasteiger partial charge in [0.05, 0.1) is 11.8 Å². The van der Waals surface area contributed by atoms with Crippen LogP contribution < -0.4 is 0 Å². The number of hydrogen-bond donors (Lipinski definition) is 0. The molecule has 0 heterocycles. The van der Waals surface area contributed by atoms with Crippen LogP contribution in [0.4, 0.5) is 0 Å². The second kappa shape index (κ2) is 15.6. The minimum Gasteiger partial charge on any atom is -0.247 e. The van der Waals surface area contributed by atoms with Gasteiger partial charge in [-0.2, -0.15) is 0 Å². The zero-order valence-corrected chi connectivity index (χ0v) is 22.7. The van der Waals surface area contributed by atoms with Crippen molar-refractivity contribution >= 4 is 30.4 Å². The van der Waals surface area contributed by atoms with Crippen molar-refractivity contribution in [2.45, 2.75) is 129 Å². The van der Waals surface area contributed by atoms with Crippen molar-refractivity contribution in [2.24, 2.45) is 11.8 Å². The van der Waals surface area contributed by atoms with Crippen molar-refractivity contribution in [3.05, 3.63) is 0 Å². The molecule has 0 rings (SSSR count). The van der Waals surface area contributed by atoms with E-state index in [9.17, 15) is 9.59 Å². The zero-order chi connectivity index (χ0) is 23.2. The first-order valence-electron chi connectivity index (χ1n) is 12.1. The van der Waals surface area contributed by atoms with Gasteiger partial charge in [0.25, 0.3) is 0 Å². The Morgan fingerprint density at radius 1 is 0.633 bits per heavy atom. The molecule has 6 heteroatoms. The highest BCUT2D eigenvalue weighted by molar-refractivity contribution is 7.19. The predicted molar refractivity (Wildman–Crippen MR) is 133 cm³/mol. The van der Waals surface area contributed by atoms with Gasteiger partial charge in [0.1, 0.15) is 0 Å². The summed E-state index contributed by atoms with van der Waals surface area (Å²) in [7, 11) is 5.81. The minimum atomic E-state index is -0.450. The predicted octanol–water partition coefficient (Wildman–Crippen LogP) is 7.25. The van der Waals surface area contributed by atoms with E-state index < -0.39 is 11.9 Å². The van der Waals surface area contributed by atoms with E-state index in [-0.39, 0.29) is 22.1 Å². The van der Waals surface area contributed by atoms with Gasteiger partial charge in [0, 0.05) is 0 Å². The highest BCUT2D eigenvalue weighted by Gasteiger charge is 2.39. The fourth-order valence-corrected chi connectivity index (χ4v) is 4.92. The molecule has 4 unspecified atom stereocenters. The lowest BCUT2D eigenvalue weighted by atomic mass is 9.84. The van der Waals surface area contributed by atoms with Gasteiger partial charge in [-0.15, -0.1) is 18.5 Å². The Kier molecular flexibility index (Phi) is 15.5. The van der Waals surface area contributed by atoms with Gasteiger partial charge in [0.2, 0.25) is 0 Å². The van der Waals surface area contributed by atoms with E-state index in [0.29, 0.717) is 0 Å². The molecule has 4 nitrogen and oxygen atoms in total. The number of hydrogen-bond acceptors (Lipinski definition) is 4. The van der Waals surface area contributed by atoms with Crippen LogP contribution in [-0.4, -0.2) is 22.3 Å². The van der Waals surface area contributed by atoms with E-state index in [1.54, 1.807) is 0 Å². The zero-order valence-electron chi connectivity index (χ0n) is 20.4. The van der Waals surface area contributed by atoms with Crippen LogP contribution in [0.1, 0.15) is 119 Å². The first kappa shape index (κ1) is 29.8. The van der Waals surface area contributed by atoms with E-state index in [0.717, 1.165) is 77.0 Å². The summed E-state index contributed by atoms with van der Waals surface area (Å²) >= 11 is 0.